The second-order valence-corrected chi connectivity index (χ2v) is 5.96. The summed E-state index contributed by atoms with van der Waals surface area (Å²) in [5.41, 5.74) is -0.226. The van der Waals surface area contributed by atoms with Crippen LogP contribution in [0.2, 0.25) is 10.0 Å². The molecule has 0 saturated heterocycles. The second kappa shape index (κ2) is 8.98. The summed E-state index contributed by atoms with van der Waals surface area (Å²) in [5.74, 6) is -2.35. The number of carbonyl (C=O) groups is 2. The Kier molecular flexibility index (Phi) is 6.95. The third-order valence-electron chi connectivity index (χ3n) is 3.29. The summed E-state index contributed by atoms with van der Waals surface area (Å²) < 4.78 is 29.5. The van der Waals surface area contributed by atoms with Crippen LogP contribution in [0.5, 0.6) is 5.75 Å². The number of rotatable bonds is 6. The van der Waals surface area contributed by atoms with E-state index >= 15 is 0 Å². The minimum atomic E-state index is -0.848. The van der Waals surface area contributed by atoms with Crippen molar-refractivity contribution in [1.82, 2.24) is 4.98 Å². The number of methoxy groups -OCH3 is 2. The number of ether oxygens (including phenoxy) is 3. The molecule has 0 unspecified atom stereocenters. The summed E-state index contributed by atoms with van der Waals surface area (Å²) in [6.07, 6.45) is 0. The Balaban J connectivity index is 2.67. The quantitative estimate of drug-likeness (QED) is 0.567. The first kappa shape index (κ1) is 20.9. The third kappa shape index (κ3) is 4.65. The van der Waals surface area contributed by atoms with E-state index in [2.05, 4.69) is 15.0 Å². The summed E-state index contributed by atoms with van der Waals surface area (Å²) in [6.45, 7) is 1.03. The van der Waals surface area contributed by atoms with E-state index in [-0.39, 0.29) is 45.2 Å². The maximum absolute atomic E-state index is 14.9. The predicted molar refractivity (Wildman–Crippen MR) is 97.8 cm³/mol. The lowest BCUT2D eigenvalue weighted by Crippen LogP contribution is -2.12. The van der Waals surface area contributed by atoms with Gasteiger partial charge in [-0.05, 0) is 18.2 Å². The molecule has 1 heterocycles. The first-order valence-electron chi connectivity index (χ1n) is 7.46. The SMILES string of the molecule is COCOc1c(Cl)ccc(-c2cc(NC(C)=O)c(Cl)c(C(=O)OC)n2)c1F. The molecular formula is C17H15Cl2FN2O5. The van der Waals surface area contributed by atoms with Crippen LogP contribution in [0.25, 0.3) is 11.3 Å². The number of esters is 1. The van der Waals surface area contributed by atoms with Crippen molar-refractivity contribution < 1.29 is 28.2 Å². The number of benzene rings is 1. The van der Waals surface area contributed by atoms with Crippen LogP contribution in [0.15, 0.2) is 18.2 Å². The lowest BCUT2D eigenvalue weighted by molar-refractivity contribution is -0.114. The van der Waals surface area contributed by atoms with Crippen molar-refractivity contribution >= 4 is 40.8 Å². The van der Waals surface area contributed by atoms with Gasteiger partial charge in [0.1, 0.15) is 0 Å². The molecule has 0 aliphatic heterocycles. The second-order valence-electron chi connectivity index (χ2n) is 5.18. The molecule has 0 radical (unpaired) electrons. The van der Waals surface area contributed by atoms with E-state index < -0.39 is 17.7 Å². The average molecular weight is 417 g/mol. The van der Waals surface area contributed by atoms with Gasteiger partial charge >= 0.3 is 5.97 Å². The number of aromatic nitrogens is 1. The Bertz CT molecular complexity index is 892. The van der Waals surface area contributed by atoms with Gasteiger partial charge in [-0.25, -0.2) is 14.2 Å². The fourth-order valence-electron chi connectivity index (χ4n) is 2.16. The summed E-state index contributed by atoms with van der Waals surface area (Å²) >= 11 is 12.1. The van der Waals surface area contributed by atoms with Gasteiger partial charge in [0.2, 0.25) is 5.91 Å². The lowest BCUT2D eigenvalue weighted by Gasteiger charge is -2.14. The zero-order valence-electron chi connectivity index (χ0n) is 14.6. The standard InChI is InChI=1S/C17H15Cl2FN2O5/c1-8(23)21-12-6-11(22-15(13(12)19)17(24)26-3)9-4-5-10(18)16(14(9)20)27-7-25-2/h4-6H,7H2,1-3H3,(H,21,22,23). The Labute approximate surface area is 164 Å². The largest absolute Gasteiger partial charge is 0.464 e. The summed E-state index contributed by atoms with van der Waals surface area (Å²) in [5, 5.41) is 2.36. The molecule has 0 aliphatic rings. The molecule has 27 heavy (non-hydrogen) atoms. The topological polar surface area (TPSA) is 86.8 Å². The van der Waals surface area contributed by atoms with Gasteiger partial charge in [-0.15, -0.1) is 0 Å². The van der Waals surface area contributed by atoms with E-state index in [1.807, 2.05) is 0 Å². The number of carbonyl (C=O) groups excluding carboxylic acids is 2. The zero-order valence-corrected chi connectivity index (χ0v) is 16.1. The predicted octanol–water partition coefficient (Wildman–Crippen LogP) is 3.92. The monoisotopic (exact) mass is 416 g/mol. The van der Waals surface area contributed by atoms with Crippen molar-refractivity contribution in [3.63, 3.8) is 0 Å². The van der Waals surface area contributed by atoms with Crippen LogP contribution in [0, 0.1) is 5.82 Å². The van der Waals surface area contributed by atoms with Gasteiger partial charge in [-0.3, -0.25) is 4.79 Å². The summed E-state index contributed by atoms with van der Waals surface area (Å²) in [6, 6.07) is 4.08. The molecule has 1 N–H and O–H groups in total. The van der Waals surface area contributed by atoms with E-state index in [1.54, 1.807) is 0 Å². The van der Waals surface area contributed by atoms with Gasteiger partial charge in [0.25, 0.3) is 0 Å². The number of hydrogen-bond acceptors (Lipinski definition) is 6. The maximum Gasteiger partial charge on any atom is 0.358 e. The van der Waals surface area contributed by atoms with Crippen LogP contribution in [0.3, 0.4) is 0 Å². The summed E-state index contributed by atoms with van der Waals surface area (Å²) in [4.78, 5) is 27.4. The highest BCUT2D eigenvalue weighted by Gasteiger charge is 2.22. The highest BCUT2D eigenvalue weighted by Crippen LogP contribution is 2.37. The molecule has 0 atom stereocenters. The van der Waals surface area contributed by atoms with Crippen molar-refractivity contribution in [3.8, 4) is 17.0 Å². The molecule has 0 aliphatic carbocycles. The lowest BCUT2D eigenvalue weighted by atomic mass is 10.1. The van der Waals surface area contributed by atoms with E-state index in [0.29, 0.717) is 0 Å². The average Bonchev–Trinajstić information content (AvgIpc) is 2.62. The fraction of sp³-hybridized carbons (Fsp3) is 0.235. The molecular weight excluding hydrogens is 402 g/mol. The Morgan fingerprint density at radius 2 is 1.96 bits per heavy atom. The molecule has 2 rings (SSSR count). The number of amides is 1. The molecule has 1 aromatic carbocycles. The number of halogens is 3. The van der Waals surface area contributed by atoms with Crippen molar-refractivity contribution in [2.24, 2.45) is 0 Å². The number of anilines is 1. The zero-order chi connectivity index (χ0) is 20.1. The van der Waals surface area contributed by atoms with Crippen molar-refractivity contribution in [2.45, 2.75) is 6.92 Å². The van der Waals surface area contributed by atoms with Gasteiger partial charge in [-0.1, -0.05) is 23.2 Å². The van der Waals surface area contributed by atoms with Crippen LogP contribution in [-0.4, -0.2) is 37.9 Å². The molecule has 1 aromatic heterocycles. The van der Waals surface area contributed by atoms with Gasteiger partial charge in [-0.2, -0.15) is 0 Å². The van der Waals surface area contributed by atoms with Crippen LogP contribution in [0.4, 0.5) is 10.1 Å². The summed E-state index contributed by atoms with van der Waals surface area (Å²) in [7, 11) is 2.52. The van der Waals surface area contributed by atoms with Crippen LogP contribution < -0.4 is 10.1 Å². The van der Waals surface area contributed by atoms with E-state index in [4.69, 9.17) is 32.7 Å². The Morgan fingerprint density at radius 1 is 1.26 bits per heavy atom. The third-order valence-corrected chi connectivity index (χ3v) is 3.97. The number of nitrogens with one attached hydrogen (secondary N) is 1. The molecule has 1 amide bonds. The van der Waals surface area contributed by atoms with Gasteiger partial charge in [0.15, 0.2) is 24.1 Å². The molecule has 7 nitrogen and oxygen atoms in total. The fourth-order valence-corrected chi connectivity index (χ4v) is 2.58. The van der Waals surface area contributed by atoms with Crippen LogP contribution in [0.1, 0.15) is 17.4 Å². The van der Waals surface area contributed by atoms with Gasteiger partial charge in [0.05, 0.1) is 28.5 Å². The Morgan fingerprint density at radius 3 is 2.56 bits per heavy atom. The van der Waals surface area contributed by atoms with Gasteiger partial charge in [0, 0.05) is 19.6 Å². The van der Waals surface area contributed by atoms with E-state index in [1.165, 1.54) is 32.2 Å². The molecule has 0 fully saturated rings. The van der Waals surface area contributed by atoms with Crippen molar-refractivity contribution in [2.75, 3.05) is 26.3 Å². The molecule has 0 saturated carbocycles. The smallest absolute Gasteiger partial charge is 0.358 e. The minimum Gasteiger partial charge on any atom is -0.464 e. The normalized spacial score (nSPS) is 10.4. The molecule has 10 heteroatoms. The van der Waals surface area contributed by atoms with Gasteiger partial charge < -0.3 is 19.5 Å². The number of nitrogens with zero attached hydrogens (tertiary/aromatic N) is 1. The van der Waals surface area contributed by atoms with E-state index in [9.17, 15) is 14.0 Å². The van der Waals surface area contributed by atoms with Crippen LogP contribution >= 0.6 is 23.2 Å². The number of hydrogen-bond donors (Lipinski definition) is 1. The Hall–Kier alpha value is -2.42. The first-order valence-corrected chi connectivity index (χ1v) is 8.22. The molecule has 2 aromatic rings. The highest BCUT2D eigenvalue weighted by atomic mass is 35.5. The molecule has 144 valence electrons. The molecule has 0 bridgehead atoms. The van der Waals surface area contributed by atoms with Crippen LogP contribution in [-0.2, 0) is 14.3 Å². The minimum absolute atomic E-state index is 0.0139. The van der Waals surface area contributed by atoms with Crippen molar-refractivity contribution in [3.05, 3.63) is 39.8 Å². The van der Waals surface area contributed by atoms with E-state index in [0.717, 1.165) is 7.11 Å². The highest BCUT2D eigenvalue weighted by molar-refractivity contribution is 6.36. The first-order chi connectivity index (χ1) is 12.8. The van der Waals surface area contributed by atoms with Crippen molar-refractivity contribution in [1.29, 1.82) is 0 Å². The number of pyridine rings is 1. The molecule has 0 spiro atoms. The maximum atomic E-state index is 14.9.